The molecule has 1 heterocycles. The Balaban J connectivity index is 1.59. The second-order valence-electron chi connectivity index (χ2n) is 7.09. The van der Waals surface area contributed by atoms with Crippen molar-refractivity contribution in [3.8, 4) is 23.3 Å². The van der Waals surface area contributed by atoms with Gasteiger partial charge < -0.3 is 25.8 Å². The van der Waals surface area contributed by atoms with Gasteiger partial charge in [0, 0.05) is 25.3 Å². The van der Waals surface area contributed by atoms with Gasteiger partial charge in [-0.05, 0) is 44.0 Å². The summed E-state index contributed by atoms with van der Waals surface area (Å²) in [5.74, 6) is 2.31. The van der Waals surface area contributed by atoms with E-state index in [0.29, 0.717) is 54.1 Å². The van der Waals surface area contributed by atoms with Gasteiger partial charge in [0.05, 0.1) is 25.1 Å². The third-order valence-corrected chi connectivity index (χ3v) is 4.94. The lowest BCUT2D eigenvalue weighted by Crippen LogP contribution is -2.31. The van der Waals surface area contributed by atoms with Crippen molar-refractivity contribution in [3.63, 3.8) is 0 Å². The van der Waals surface area contributed by atoms with Gasteiger partial charge in [0.2, 0.25) is 0 Å². The highest BCUT2D eigenvalue weighted by Crippen LogP contribution is 2.30. The van der Waals surface area contributed by atoms with Crippen LogP contribution < -0.4 is 25.8 Å². The van der Waals surface area contributed by atoms with Crippen molar-refractivity contribution in [2.75, 3.05) is 38.4 Å². The standard InChI is InChI=1S/C24H29N7O2/c1-4-33-22-15-17(12-13-21(22)32-3)29-24(27-2)28-14-8-11-20-19(16-25)23(26)31(30-20)18-9-6-5-7-10-18/h5-7,9-10,12-13,15H,4,8,11,14,26H2,1-3H3,(H2,27,28,29). The lowest BCUT2D eigenvalue weighted by atomic mass is 10.1. The number of hydrogen-bond donors (Lipinski definition) is 3. The number of aliphatic imine (C=N–C) groups is 1. The van der Waals surface area contributed by atoms with Crippen LogP contribution in [-0.2, 0) is 6.42 Å². The number of rotatable bonds is 9. The lowest BCUT2D eigenvalue weighted by Gasteiger charge is -2.14. The maximum atomic E-state index is 9.56. The molecule has 0 spiro atoms. The molecule has 0 aliphatic carbocycles. The molecule has 2 aromatic carbocycles. The molecule has 0 radical (unpaired) electrons. The van der Waals surface area contributed by atoms with Crippen LogP contribution in [0.25, 0.3) is 5.69 Å². The Labute approximate surface area is 193 Å². The van der Waals surface area contributed by atoms with Crippen LogP contribution in [0.15, 0.2) is 53.5 Å². The van der Waals surface area contributed by atoms with Crippen molar-refractivity contribution in [3.05, 3.63) is 59.8 Å². The molecule has 3 rings (SSSR count). The first kappa shape index (κ1) is 23.5. The summed E-state index contributed by atoms with van der Waals surface area (Å²) in [6.45, 7) is 3.10. The van der Waals surface area contributed by atoms with E-state index in [1.54, 1.807) is 18.8 Å². The van der Waals surface area contributed by atoms with Crippen LogP contribution >= 0.6 is 0 Å². The summed E-state index contributed by atoms with van der Waals surface area (Å²) >= 11 is 0. The monoisotopic (exact) mass is 447 g/mol. The van der Waals surface area contributed by atoms with Crippen LogP contribution in [0.4, 0.5) is 11.5 Å². The van der Waals surface area contributed by atoms with E-state index >= 15 is 0 Å². The third kappa shape index (κ3) is 5.74. The fraction of sp³-hybridized carbons (Fsp3) is 0.292. The summed E-state index contributed by atoms with van der Waals surface area (Å²) in [6.07, 6.45) is 1.35. The Morgan fingerprint density at radius 3 is 2.67 bits per heavy atom. The molecule has 0 fully saturated rings. The zero-order chi connectivity index (χ0) is 23.6. The highest BCUT2D eigenvalue weighted by Gasteiger charge is 2.16. The molecule has 0 aliphatic rings. The number of aryl methyl sites for hydroxylation is 1. The summed E-state index contributed by atoms with van der Waals surface area (Å²) in [4.78, 5) is 4.27. The number of nitrogens with zero attached hydrogens (tertiary/aromatic N) is 4. The molecule has 1 aromatic heterocycles. The minimum atomic E-state index is 0.355. The number of benzene rings is 2. The number of para-hydroxylation sites is 1. The fourth-order valence-electron chi connectivity index (χ4n) is 3.34. The smallest absolute Gasteiger partial charge is 0.195 e. The second kappa shape index (κ2) is 11.4. The number of anilines is 2. The molecule has 0 amide bonds. The van der Waals surface area contributed by atoms with E-state index in [4.69, 9.17) is 15.2 Å². The third-order valence-electron chi connectivity index (χ3n) is 4.94. The molecular weight excluding hydrogens is 418 g/mol. The van der Waals surface area contributed by atoms with Crippen molar-refractivity contribution in [2.45, 2.75) is 19.8 Å². The fourth-order valence-corrected chi connectivity index (χ4v) is 3.34. The number of nitrogens with one attached hydrogen (secondary N) is 2. The first-order valence-electron chi connectivity index (χ1n) is 10.7. The minimum Gasteiger partial charge on any atom is -0.493 e. The maximum Gasteiger partial charge on any atom is 0.195 e. The quantitative estimate of drug-likeness (QED) is 0.261. The van der Waals surface area contributed by atoms with Gasteiger partial charge in [0.25, 0.3) is 0 Å². The van der Waals surface area contributed by atoms with Gasteiger partial charge in [-0.15, -0.1) is 0 Å². The first-order chi connectivity index (χ1) is 16.1. The molecule has 9 nitrogen and oxygen atoms in total. The van der Waals surface area contributed by atoms with Crippen LogP contribution in [0.2, 0.25) is 0 Å². The Hall–Kier alpha value is -4.19. The predicted molar refractivity (Wildman–Crippen MR) is 130 cm³/mol. The van der Waals surface area contributed by atoms with E-state index in [1.165, 1.54) is 0 Å². The molecule has 0 unspecified atom stereocenters. The van der Waals surface area contributed by atoms with Crippen LogP contribution in [0.5, 0.6) is 11.5 Å². The molecule has 33 heavy (non-hydrogen) atoms. The largest absolute Gasteiger partial charge is 0.493 e. The zero-order valence-electron chi connectivity index (χ0n) is 19.1. The molecule has 0 atom stereocenters. The van der Waals surface area contributed by atoms with E-state index in [0.717, 1.165) is 17.8 Å². The minimum absolute atomic E-state index is 0.355. The number of ether oxygens (including phenoxy) is 2. The molecule has 9 heteroatoms. The predicted octanol–water partition coefficient (Wildman–Crippen LogP) is 3.35. The van der Waals surface area contributed by atoms with Gasteiger partial charge >= 0.3 is 0 Å². The van der Waals surface area contributed by atoms with Gasteiger partial charge in [-0.1, -0.05) is 18.2 Å². The van der Waals surface area contributed by atoms with Crippen molar-refractivity contribution in [1.29, 1.82) is 5.26 Å². The molecule has 4 N–H and O–H groups in total. The number of hydrogen-bond acceptors (Lipinski definition) is 6. The van der Waals surface area contributed by atoms with E-state index in [9.17, 15) is 5.26 Å². The van der Waals surface area contributed by atoms with Crippen molar-refractivity contribution >= 4 is 17.5 Å². The topological polar surface area (TPSA) is 123 Å². The van der Waals surface area contributed by atoms with Crippen LogP contribution in [0.3, 0.4) is 0 Å². The molecule has 3 aromatic rings. The number of nitriles is 1. The highest BCUT2D eigenvalue weighted by atomic mass is 16.5. The van der Waals surface area contributed by atoms with Gasteiger partial charge in [-0.3, -0.25) is 4.99 Å². The number of guanidine groups is 1. The number of aromatic nitrogens is 2. The highest BCUT2D eigenvalue weighted by molar-refractivity contribution is 5.93. The van der Waals surface area contributed by atoms with E-state index in [-0.39, 0.29) is 0 Å². The Morgan fingerprint density at radius 1 is 1.21 bits per heavy atom. The van der Waals surface area contributed by atoms with Gasteiger partial charge in [-0.25, -0.2) is 4.68 Å². The van der Waals surface area contributed by atoms with Crippen molar-refractivity contribution in [1.82, 2.24) is 15.1 Å². The van der Waals surface area contributed by atoms with Crippen LogP contribution in [0, 0.1) is 11.3 Å². The molecule has 0 saturated carbocycles. The van der Waals surface area contributed by atoms with Gasteiger partial charge in [0.15, 0.2) is 17.5 Å². The maximum absolute atomic E-state index is 9.56. The second-order valence-corrected chi connectivity index (χ2v) is 7.09. The zero-order valence-corrected chi connectivity index (χ0v) is 19.1. The average Bonchev–Trinajstić information content (AvgIpc) is 3.17. The van der Waals surface area contributed by atoms with Gasteiger partial charge in [-0.2, -0.15) is 10.4 Å². The lowest BCUT2D eigenvalue weighted by molar-refractivity contribution is 0.311. The van der Waals surface area contributed by atoms with Crippen molar-refractivity contribution in [2.24, 2.45) is 4.99 Å². The normalized spacial score (nSPS) is 11.0. The molecule has 172 valence electrons. The summed E-state index contributed by atoms with van der Waals surface area (Å²) in [5.41, 5.74) is 8.93. The summed E-state index contributed by atoms with van der Waals surface area (Å²) in [7, 11) is 3.32. The summed E-state index contributed by atoms with van der Waals surface area (Å²) < 4.78 is 12.6. The molecular formula is C24H29N7O2. The summed E-state index contributed by atoms with van der Waals surface area (Å²) in [5, 5.41) is 20.6. The molecule has 0 saturated heterocycles. The SMILES string of the molecule is CCOc1cc(NC(=NC)NCCCc2nn(-c3ccccc3)c(N)c2C#N)ccc1OC. The average molecular weight is 448 g/mol. The number of methoxy groups -OCH3 is 1. The Bertz CT molecular complexity index is 1130. The summed E-state index contributed by atoms with van der Waals surface area (Å²) in [6, 6.07) is 17.3. The Kier molecular flexibility index (Phi) is 8.13. The van der Waals surface area contributed by atoms with Crippen LogP contribution in [-0.4, -0.2) is 43.0 Å². The van der Waals surface area contributed by atoms with Crippen LogP contribution in [0.1, 0.15) is 24.6 Å². The Morgan fingerprint density at radius 2 is 2.00 bits per heavy atom. The first-order valence-corrected chi connectivity index (χ1v) is 10.7. The van der Waals surface area contributed by atoms with Crippen molar-refractivity contribution < 1.29 is 9.47 Å². The van der Waals surface area contributed by atoms with Gasteiger partial charge in [0.1, 0.15) is 17.5 Å². The molecule has 0 aliphatic heterocycles. The number of nitrogen functional groups attached to an aromatic ring is 1. The molecule has 0 bridgehead atoms. The number of nitrogens with two attached hydrogens (primary N) is 1. The van der Waals surface area contributed by atoms with E-state index in [1.807, 2.05) is 55.5 Å². The van der Waals surface area contributed by atoms with E-state index in [2.05, 4.69) is 26.8 Å². The van der Waals surface area contributed by atoms with E-state index < -0.39 is 0 Å².